The topological polar surface area (TPSA) is 64.0 Å². The molecule has 0 amide bonds. The van der Waals surface area contributed by atoms with Gasteiger partial charge < -0.3 is 9.64 Å². The smallest absolute Gasteiger partial charge is 0.235 e. The summed E-state index contributed by atoms with van der Waals surface area (Å²) in [6.07, 6.45) is 8.61. The highest BCUT2D eigenvalue weighted by molar-refractivity contribution is 5.30. The summed E-state index contributed by atoms with van der Waals surface area (Å²) in [4.78, 5) is 19.9. The number of ether oxygens (including phenoxy) is 1. The van der Waals surface area contributed by atoms with Gasteiger partial charge in [-0.25, -0.2) is 15.0 Å². The van der Waals surface area contributed by atoms with Crippen molar-refractivity contribution in [2.24, 2.45) is 0 Å². The van der Waals surface area contributed by atoms with E-state index in [0.29, 0.717) is 5.88 Å². The van der Waals surface area contributed by atoms with Crippen molar-refractivity contribution in [1.82, 2.24) is 19.9 Å². The molecule has 122 valence electrons. The van der Waals surface area contributed by atoms with E-state index in [-0.39, 0.29) is 6.10 Å². The largest absolute Gasteiger partial charge is 0.473 e. The number of hydrogen-bond donors (Lipinski definition) is 0. The highest BCUT2D eigenvalue weighted by Gasteiger charge is 2.23. The Hall–Kier alpha value is -2.24. The van der Waals surface area contributed by atoms with Crippen molar-refractivity contribution in [2.45, 2.75) is 46.1 Å². The number of piperidine rings is 1. The van der Waals surface area contributed by atoms with Crippen LogP contribution in [0, 0.1) is 13.8 Å². The van der Waals surface area contributed by atoms with Crippen LogP contribution in [0.15, 0.2) is 18.6 Å². The third-order valence-corrected chi connectivity index (χ3v) is 4.14. The first-order valence-electron chi connectivity index (χ1n) is 8.18. The minimum Gasteiger partial charge on any atom is -0.473 e. The van der Waals surface area contributed by atoms with Gasteiger partial charge in [0.1, 0.15) is 6.10 Å². The highest BCUT2D eigenvalue weighted by atomic mass is 16.5. The van der Waals surface area contributed by atoms with Gasteiger partial charge in [0.2, 0.25) is 11.8 Å². The van der Waals surface area contributed by atoms with Crippen LogP contribution < -0.4 is 9.64 Å². The minimum absolute atomic E-state index is 0.177. The van der Waals surface area contributed by atoms with Crippen molar-refractivity contribution in [3.63, 3.8) is 0 Å². The van der Waals surface area contributed by atoms with E-state index in [1.54, 1.807) is 6.20 Å². The number of hydrogen-bond acceptors (Lipinski definition) is 6. The van der Waals surface area contributed by atoms with Gasteiger partial charge in [0, 0.05) is 44.5 Å². The maximum Gasteiger partial charge on any atom is 0.235 e. The van der Waals surface area contributed by atoms with Gasteiger partial charge in [0.15, 0.2) is 0 Å². The van der Waals surface area contributed by atoms with Crippen LogP contribution in [-0.2, 0) is 6.42 Å². The van der Waals surface area contributed by atoms with Crippen molar-refractivity contribution < 1.29 is 4.74 Å². The molecule has 1 fully saturated rings. The molecule has 2 aromatic rings. The number of anilines is 1. The summed E-state index contributed by atoms with van der Waals surface area (Å²) in [6.45, 7) is 7.76. The van der Waals surface area contributed by atoms with Gasteiger partial charge in [-0.2, -0.15) is 0 Å². The molecule has 1 aliphatic heterocycles. The van der Waals surface area contributed by atoms with Crippen molar-refractivity contribution >= 4 is 5.95 Å². The van der Waals surface area contributed by atoms with E-state index in [0.717, 1.165) is 49.7 Å². The Morgan fingerprint density at radius 2 is 1.78 bits per heavy atom. The molecule has 0 aromatic carbocycles. The molecule has 6 heteroatoms. The second-order valence-corrected chi connectivity index (χ2v) is 5.95. The zero-order chi connectivity index (χ0) is 16.2. The van der Waals surface area contributed by atoms with Crippen molar-refractivity contribution in [2.75, 3.05) is 18.0 Å². The predicted octanol–water partition coefficient (Wildman–Crippen LogP) is 2.49. The lowest BCUT2D eigenvalue weighted by Gasteiger charge is -2.32. The average molecular weight is 313 g/mol. The summed E-state index contributed by atoms with van der Waals surface area (Å²) in [7, 11) is 0. The molecular formula is C17H23N5O. The summed E-state index contributed by atoms with van der Waals surface area (Å²) < 4.78 is 6.05. The number of rotatable bonds is 4. The van der Waals surface area contributed by atoms with E-state index in [1.165, 1.54) is 5.56 Å². The molecule has 0 aliphatic carbocycles. The Bertz CT molecular complexity index is 651. The zero-order valence-corrected chi connectivity index (χ0v) is 14.0. The molecule has 6 nitrogen and oxygen atoms in total. The average Bonchev–Trinajstić information content (AvgIpc) is 2.59. The van der Waals surface area contributed by atoms with Crippen LogP contribution in [0.5, 0.6) is 5.88 Å². The Labute approximate surface area is 137 Å². The van der Waals surface area contributed by atoms with Crippen LogP contribution in [-0.4, -0.2) is 39.1 Å². The maximum absolute atomic E-state index is 6.05. The fourth-order valence-electron chi connectivity index (χ4n) is 2.65. The number of aryl methyl sites for hydroxylation is 3. The van der Waals surface area contributed by atoms with Crippen molar-refractivity contribution in [1.29, 1.82) is 0 Å². The molecule has 0 N–H and O–H groups in total. The Balaban J connectivity index is 1.58. The third-order valence-electron chi connectivity index (χ3n) is 4.14. The van der Waals surface area contributed by atoms with E-state index < -0.39 is 0 Å². The first kappa shape index (κ1) is 15.6. The van der Waals surface area contributed by atoms with E-state index >= 15 is 0 Å². The van der Waals surface area contributed by atoms with Crippen molar-refractivity contribution in [3.8, 4) is 5.88 Å². The normalized spacial score (nSPS) is 15.7. The van der Waals surface area contributed by atoms with Gasteiger partial charge in [0.05, 0.1) is 11.4 Å². The van der Waals surface area contributed by atoms with Gasteiger partial charge in [-0.1, -0.05) is 6.92 Å². The Morgan fingerprint density at radius 3 is 2.43 bits per heavy atom. The monoisotopic (exact) mass is 313 g/mol. The molecule has 1 aliphatic rings. The summed E-state index contributed by atoms with van der Waals surface area (Å²) in [5.41, 5.74) is 2.89. The van der Waals surface area contributed by atoms with Crippen LogP contribution in [0.25, 0.3) is 0 Å². The summed E-state index contributed by atoms with van der Waals surface area (Å²) in [5.74, 6) is 1.47. The molecular weight excluding hydrogens is 290 g/mol. The van der Waals surface area contributed by atoms with E-state index in [1.807, 2.05) is 26.2 Å². The van der Waals surface area contributed by atoms with Gasteiger partial charge in [-0.15, -0.1) is 0 Å². The molecule has 0 atom stereocenters. The molecule has 0 bridgehead atoms. The van der Waals surface area contributed by atoms with Gasteiger partial charge >= 0.3 is 0 Å². The molecule has 23 heavy (non-hydrogen) atoms. The SMILES string of the molecule is CCc1cnc(N2CCC(Oc3nc(C)cnc3C)CC2)nc1. The van der Waals surface area contributed by atoms with E-state index in [9.17, 15) is 0 Å². The van der Waals surface area contributed by atoms with Crippen LogP contribution in [0.2, 0.25) is 0 Å². The molecule has 1 saturated heterocycles. The number of nitrogens with zero attached hydrogens (tertiary/aromatic N) is 5. The number of aromatic nitrogens is 4. The Kier molecular flexibility index (Phi) is 4.69. The molecule has 0 radical (unpaired) electrons. The fraction of sp³-hybridized carbons (Fsp3) is 0.529. The second-order valence-electron chi connectivity index (χ2n) is 5.95. The summed E-state index contributed by atoms with van der Waals surface area (Å²) >= 11 is 0. The van der Waals surface area contributed by atoms with Crippen molar-refractivity contribution in [3.05, 3.63) is 35.5 Å². The summed E-state index contributed by atoms with van der Waals surface area (Å²) in [6, 6.07) is 0. The third kappa shape index (κ3) is 3.75. The minimum atomic E-state index is 0.177. The highest BCUT2D eigenvalue weighted by Crippen LogP contribution is 2.21. The Morgan fingerprint density at radius 1 is 1.09 bits per heavy atom. The summed E-state index contributed by atoms with van der Waals surface area (Å²) in [5, 5.41) is 0. The van der Waals surface area contributed by atoms with Crippen LogP contribution in [0.1, 0.15) is 36.7 Å². The maximum atomic E-state index is 6.05. The second kappa shape index (κ2) is 6.89. The standard InChI is InChI=1S/C17H23N5O/c1-4-14-10-19-17(20-11-14)22-7-5-15(6-8-22)23-16-13(3)18-9-12(2)21-16/h9-11,15H,4-8H2,1-3H3. The lowest BCUT2D eigenvalue weighted by molar-refractivity contribution is 0.161. The molecule has 0 saturated carbocycles. The van der Waals surface area contributed by atoms with Gasteiger partial charge in [0.25, 0.3) is 0 Å². The van der Waals surface area contributed by atoms with E-state index in [2.05, 4.69) is 31.8 Å². The molecule has 0 unspecified atom stereocenters. The quantitative estimate of drug-likeness (QED) is 0.864. The first-order chi connectivity index (χ1) is 11.2. The predicted molar refractivity (Wildman–Crippen MR) is 88.8 cm³/mol. The zero-order valence-electron chi connectivity index (χ0n) is 14.0. The van der Waals surface area contributed by atoms with Gasteiger partial charge in [-0.05, 0) is 25.8 Å². The van der Waals surface area contributed by atoms with Crippen LogP contribution in [0.3, 0.4) is 0 Å². The fourth-order valence-corrected chi connectivity index (χ4v) is 2.65. The molecule has 3 heterocycles. The molecule has 2 aromatic heterocycles. The lowest BCUT2D eigenvalue weighted by Crippen LogP contribution is -2.39. The molecule has 0 spiro atoms. The first-order valence-corrected chi connectivity index (χ1v) is 8.18. The molecule has 3 rings (SSSR count). The lowest BCUT2D eigenvalue weighted by atomic mass is 10.1. The van der Waals surface area contributed by atoms with E-state index in [4.69, 9.17) is 4.74 Å². The van der Waals surface area contributed by atoms with Crippen LogP contribution >= 0.6 is 0 Å². The van der Waals surface area contributed by atoms with Gasteiger partial charge in [-0.3, -0.25) is 4.98 Å². The van der Waals surface area contributed by atoms with Crippen LogP contribution in [0.4, 0.5) is 5.95 Å².